The van der Waals surface area contributed by atoms with Gasteiger partial charge in [-0.2, -0.15) is 0 Å². The Labute approximate surface area is 173 Å². The van der Waals surface area contributed by atoms with Crippen molar-refractivity contribution in [1.29, 1.82) is 0 Å². The zero-order valence-corrected chi connectivity index (χ0v) is 17.3. The van der Waals surface area contributed by atoms with Gasteiger partial charge in [-0.1, -0.05) is 105 Å². The van der Waals surface area contributed by atoms with Gasteiger partial charge in [0.25, 0.3) is 0 Å². The van der Waals surface area contributed by atoms with Crippen molar-refractivity contribution in [2.45, 2.75) is 31.8 Å². The average Bonchev–Trinajstić information content (AvgIpc) is 2.77. The molecule has 1 atom stereocenters. The molecule has 0 saturated carbocycles. The van der Waals surface area contributed by atoms with Crippen LogP contribution in [-0.2, 0) is 15.1 Å². The van der Waals surface area contributed by atoms with E-state index in [1.54, 1.807) is 0 Å². The van der Waals surface area contributed by atoms with Gasteiger partial charge in [-0.3, -0.25) is 10.1 Å². The molecular formula is C26H29NO2. The number of hydrogen-bond acceptors (Lipinski definition) is 3. The first kappa shape index (κ1) is 20.8. The fraction of sp³-hybridized carbons (Fsp3) is 0.269. The number of methoxy groups -OCH3 is 1. The topological polar surface area (TPSA) is 38.3 Å². The number of hydrogen-bond donors (Lipinski definition) is 1. The van der Waals surface area contributed by atoms with Crippen LogP contribution in [0.1, 0.15) is 37.0 Å². The van der Waals surface area contributed by atoms with Gasteiger partial charge in [-0.15, -0.1) is 0 Å². The number of ether oxygens (including phenoxy) is 1. The minimum atomic E-state index is -0.683. The highest BCUT2D eigenvalue weighted by Crippen LogP contribution is 2.37. The minimum absolute atomic E-state index is 0.245. The van der Waals surface area contributed by atoms with Gasteiger partial charge in [0.05, 0.1) is 12.6 Å². The molecule has 0 saturated heterocycles. The van der Waals surface area contributed by atoms with E-state index in [1.165, 1.54) is 7.11 Å². The Balaban J connectivity index is 2.25. The Morgan fingerprint density at radius 2 is 1.17 bits per heavy atom. The van der Waals surface area contributed by atoms with E-state index in [0.29, 0.717) is 12.3 Å². The third-order valence-corrected chi connectivity index (χ3v) is 5.20. The first-order valence-corrected chi connectivity index (χ1v) is 10.1. The van der Waals surface area contributed by atoms with Crippen LogP contribution in [0.5, 0.6) is 0 Å². The molecule has 0 heterocycles. The normalized spacial score (nSPS) is 12.6. The molecule has 1 N–H and O–H groups in total. The van der Waals surface area contributed by atoms with E-state index in [9.17, 15) is 4.79 Å². The summed E-state index contributed by atoms with van der Waals surface area (Å²) in [5.41, 5.74) is 2.55. The molecule has 0 aromatic heterocycles. The van der Waals surface area contributed by atoms with Gasteiger partial charge in [0.15, 0.2) is 0 Å². The summed E-state index contributed by atoms with van der Waals surface area (Å²) in [6, 6.07) is 30.4. The van der Waals surface area contributed by atoms with Crippen molar-refractivity contribution in [2.24, 2.45) is 5.92 Å². The average molecular weight is 388 g/mol. The number of nitrogens with one attached hydrogen (secondary N) is 1. The van der Waals surface area contributed by atoms with E-state index in [2.05, 4.69) is 55.6 Å². The van der Waals surface area contributed by atoms with Crippen LogP contribution in [0.15, 0.2) is 91.0 Å². The third-order valence-electron chi connectivity index (χ3n) is 5.20. The van der Waals surface area contributed by atoms with Gasteiger partial charge in [0, 0.05) is 0 Å². The molecule has 3 nitrogen and oxygen atoms in total. The summed E-state index contributed by atoms with van der Waals surface area (Å²) in [6.07, 6.45) is 0.681. The largest absolute Gasteiger partial charge is 0.468 e. The predicted molar refractivity (Wildman–Crippen MR) is 118 cm³/mol. The highest BCUT2D eigenvalue weighted by molar-refractivity contribution is 5.76. The molecule has 0 aliphatic rings. The quantitative estimate of drug-likeness (QED) is 0.429. The fourth-order valence-corrected chi connectivity index (χ4v) is 3.90. The van der Waals surface area contributed by atoms with Crippen LogP contribution in [0, 0.1) is 5.92 Å². The molecular weight excluding hydrogens is 358 g/mol. The molecule has 150 valence electrons. The maximum Gasteiger partial charge on any atom is 0.322 e. The molecule has 0 bridgehead atoms. The van der Waals surface area contributed by atoms with Gasteiger partial charge >= 0.3 is 5.97 Å². The molecule has 3 rings (SSSR count). The smallest absolute Gasteiger partial charge is 0.322 e. The first-order valence-electron chi connectivity index (χ1n) is 10.1. The molecule has 0 radical (unpaired) electrons. The Bertz CT molecular complexity index is 795. The SMILES string of the molecule is COC(=O)[C@H](CC(C)C)NC(c1ccccc1)(c1ccccc1)c1ccccc1. The summed E-state index contributed by atoms with van der Waals surface area (Å²) in [5.74, 6) is 0.0949. The summed E-state index contributed by atoms with van der Waals surface area (Å²) in [7, 11) is 1.45. The third kappa shape index (κ3) is 4.57. The van der Waals surface area contributed by atoms with Crippen LogP contribution in [0.3, 0.4) is 0 Å². The molecule has 0 spiro atoms. The number of carbonyl (C=O) groups is 1. The molecule has 3 aromatic carbocycles. The van der Waals surface area contributed by atoms with Crippen LogP contribution < -0.4 is 5.32 Å². The lowest BCUT2D eigenvalue weighted by molar-refractivity contribution is -0.144. The van der Waals surface area contributed by atoms with Crippen molar-refractivity contribution in [2.75, 3.05) is 7.11 Å². The van der Waals surface area contributed by atoms with Crippen LogP contribution >= 0.6 is 0 Å². The van der Waals surface area contributed by atoms with Crippen LogP contribution in [-0.4, -0.2) is 19.1 Å². The predicted octanol–water partition coefficient (Wildman–Crippen LogP) is 5.16. The Hall–Kier alpha value is -2.91. The van der Waals surface area contributed by atoms with E-state index < -0.39 is 11.6 Å². The van der Waals surface area contributed by atoms with Gasteiger partial charge < -0.3 is 4.74 Å². The lowest BCUT2D eigenvalue weighted by Crippen LogP contribution is -2.53. The number of carbonyl (C=O) groups excluding carboxylic acids is 1. The lowest BCUT2D eigenvalue weighted by Gasteiger charge is -2.39. The molecule has 3 aromatic rings. The summed E-state index contributed by atoms with van der Waals surface area (Å²) in [6.45, 7) is 4.24. The Kier molecular flexibility index (Phi) is 6.84. The summed E-state index contributed by atoms with van der Waals surface area (Å²) >= 11 is 0. The van der Waals surface area contributed by atoms with Crippen LogP contribution in [0.4, 0.5) is 0 Å². The van der Waals surface area contributed by atoms with Crippen molar-refractivity contribution in [3.63, 3.8) is 0 Å². The lowest BCUT2D eigenvalue weighted by atomic mass is 9.76. The highest BCUT2D eigenvalue weighted by atomic mass is 16.5. The number of esters is 1. The number of rotatable bonds is 8. The summed E-state index contributed by atoms with van der Waals surface area (Å²) in [5, 5.41) is 3.72. The maximum atomic E-state index is 12.7. The maximum absolute atomic E-state index is 12.7. The van der Waals surface area contributed by atoms with E-state index in [4.69, 9.17) is 4.74 Å². The number of benzene rings is 3. The molecule has 29 heavy (non-hydrogen) atoms. The zero-order valence-electron chi connectivity index (χ0n) is 17.3. The standard InChI is InChI=1S/C26H29NO2/c1-20(2)19-24(25(28)29-3)27-26(21-13-7-4-8-14-21,22-15-9-5-10-16-22)23-17-11-6-12-18-23/h4-18,20,24,27H,19H2,1-3H3/t24-/m0/s1. The van der Waals surface area contributed by atoms with Gasteiger partial charge in [-0.05, 0) is 29.0 Å². The second-order valence-corrected chi connectivity index (χ2v) is 7.70. The van der Waals surface area contributed by atoms with Crippen molar-refractivity contribution in [3.05, 3.63) is 108 Å². The van der Waals surface area contributed by atoms with Crippen molar-refractivity contribution < 1.29 is 9.53 Å². The minimum Gasteiger partial charge on any atom is -0.468 e. The molecule has 0 amide bonds. The highest BCUT2D eigenvalue weighted by Gasteiger charge is 2.40. The first-order chi connectivity index (χ1) is 14.1. The van der Waals surface area contributed by atoms with Gasteiger partial charge in [0.2, 0.25) is 0 Å². The van der Waals surface area contributed by atoms with Gasteiger partial charge in [-0.25, -0.2) is 0 Å². The molecule has 0 fully saturated rings. The molecule has 0 aliphatic carbocycles. The van der Waals surface area contributed by atoms with E-state index in [-0.39, 0.29) is 5.97 Å². The molecule has 3 heteroatoms. The summed E-state index contributed by atoms with van der Waals surface area (Å²) < 4.78 is 5.17. The van der Waals surface area contributed by atoms with E-state index >= 15 is 0 Å². The molecule has 0 aliphatic heterocycles. The summed E-state index contributed by atoms with van der Waals surface area (Å²) in [4.78, 5) is 12.7. The van der Waals surface area contributed by atoms with E-state index in [1.807, 2.05) is 54.6 Å². The van der Waals surface area contributed by atoms with Gasteiger partial charge in [0.1, 0.15) is 6.04 Å². The fourth-order valence-electron chi connectivity index (χ4n) is 3.90. The Morgan fingerprint density at radius 1 is 0.793 bits per heavy atom. The van der Waals surface area contributed by atoms with Crippen molar-refractivity contribution in [3.8, 4) is 0 Å². The van der Waals surface area contributed by atoms with Crippen molar-refractivity contribution >= 4 is 5.97 Å². The second kappa shape index (κ2) is 9.53. The van der Waals surface area contributed by atoms with Crippen LogP contribution in [0.2, 0.25) is 0 Å². The van der Waals surface area contributed by atoms with Crippen molar-refractivity contribution in [1.82, 2.24) is 5.32 Å². The van der Waals surface area contributed by atoms with Crippen LogP contribution in [0.25, 0.3) is 0 Å². The zero-order chi connectivity index (χ0) is 20.7. The second-order valence-electron chi connectivity index (χ2n) is 7.70. The van der Waals surface area contributed by atoms with E-state index in [0.717, 1.165) is 16.7 Å². The Morgan fingerprint density at radius 3 is 1.48 bits per heavy atom. The molecule has 0 unspecified atom stereocenters. The monoisotopic (exact) mass is 387 g/mol.